The first kappa shape index (κ1) is 14.8. The number of benzene rings is 1. The van der Waals surface area contributed by atoms with Crippen LogP contribution >= 0.6 is 0 Å². The van der Waals surface area contributed by atoms with Gasteiger partial charge in [0, 0.05) is 18.2 Å². The Bertz CT molecular complexity index is 481. The predicted molar refractivity (Wildman–Crippen MR) is 76.0 cm³/mol. The van der Waals surface area contributed by atoms with Crippen molar-refractivity contribution in [3.05, 3.63) is 30.1 Å². The molecular formula is C15H21FN2O2. The Morgan fingerprint density at radius 2 is 2.40 bits per heavy atom. The van der Waals surface area contributed by atoms with E-state index >= 15 is 0 Å². The second-order valence-electron chi connectivity index (χ2n) is 5.18. The molecule has 5 heteroatoms. The van der Waals surface area contributed by atoms with Gasteiger partial charge in [0.05, 0.1) is 6.61 Å². The highest BCUT2D eigenvalue weighted by Gasteiger charge is 2.46. The van der Waals surface area contributed by atoms with E-state index in [1.165, 1.54) is 12.1 Å². The monoisotopic (exact) mass is 280 g/mol. The number of carbonyl (C=O) groups excluding carboxylic acids is 1. The van der Waals surface area contributed by atoms with Gasteiger partial charge >= 0.3 is 5.97 Å². The zero-order valence-corrected chi connectivity index (χ0v) is 11.9. The summed E-state index contributed by atoms with van der Waals surface area (Å²) in [5.74, 6) is -0.535. The number of rotatable bonds is 4. The molecule has 2 unspecified atom stereocenters. The lowest BCUT2D eigenvalue weighted by molar-refractivity contribution is -0.151. The molecule has 20 heavy (non-hydrogen) atoms. The van der Waals surface area contributed by atoms with Crippen LogP contribution in [0.25, 0.3) is 0 Å². The summed E-state index contributed by atoms with van der Waals surface area (Å²) in [4.78, 5) is 12.4. The molecule has 0 amide bonds. The summed E-state index contributed by atoms with van der Waals surface area (Å²) >= 11 is 0. The van der Waals surface area contributed by atoms with Gasteiger partial charge in [0.25, 0.3) is 0 Å². The highest BCUT2D eigenvalue weighted by molar-refractivity contribution is 5.85. The van der Waals surface area contributed by atoms with E-state index in [9.17, 15) is 9.18 Å². The molecule has 2 rings (SSSR count). The summed E-state index contributed by atoms with van der Waals surface area (Å²) in [6.07, 6.45) is 0.615. The molecule has 110 valence electrons. The van der Waals surface area contributed by atoms with Gasteiger partial charge in [0.2, 0.25) is 0 Å². The molecule has 1 aromatic carbocycles. The van der Waals surface area contributed by atoms with Gasteiger partial charge in [-0.3, -0.25) is 0 Å². The largest absolute Gasteiger partial charge is 0.464 e. The normalized spacial score (nSPS) is 26.1. The SMILES string of the molecule is CCOC(=O)C1(Nc2cccc(F)c2)CCNCC1C. The van der Waals surface area contributed by atoms with Crippen molar-refractivity contribution in [2.24, 2.45) is 5.92 Å². The first-order valence-corrected chi connectivity index (χ1v) is 7.00. The third-order valence-electron chi connectivity index (χ3n) is 3.82. The molecule has 0 spiro atoms. The number of carbonyl (C=O) groups is 1. The van der Waals surface area contributed by atoms with Gasteiger partial charge in [-0.2, -0.15) is 0 Å². The van der Waals surface area contributed by atoms with Crippen LogP contribution in [-0.4, -0.2) is 31.2 Å². The molecule has 4 nitrogen and oxygen atoms in total. The average Bonchev–Trinajstić information content (AvgIpc) is 2.42. The summed E-state index contributed by atoms with van der Waals surface area (Å²) in [5.41, 5.74) is -0.193. The summed E-state index contributed by atoms with van der Waals surface area (Å²) < 4.78 is 18.6. The maximum absolute atomic E-state index is 13.3. The van der Waals surface area contributed by atoms with Crippen molar-refractivity contribution in [1.82, 2.24) is 5.32 Å². The minimum atomic E-state index is -0.797. The van der Waals surface area contributed by atoms with Gasteiger partial charge in [-0.15, -0.1) is 0 Å². The number of hydrogen-bond acceptors (Lipinski definition) is 4. The number of anilines is 1. The molecule has 1 heterocycles. The zero-order valence-electron chi connectivity index (χ0n) is 11.9. The number of ether oxygens (including phenoxy) is 1. The van der Waals surface area contributed by atoms with Crippen LogP contribution in [0.3, 0.4) is 0 Å². The molecule has 1 saturated heterocycles. The van der Waals surface area contributed by atoms with Crippen LogP contribution < -0.4 is 10.6 Å². The summed E-state index contributed by atoms with van der Waals surface area (Å²) in [5, 5.41) is 6.48. The van der Waals surface area contributed by atoms with Crippen molar-refractivity contribution in [1.29, 1.82) is 0 Å². The second-order valence-corrected chi connectivity index (χ2v) is 5.18. The quantitative estimate of drug-likeness (QED) is 0.830. The number of piperidine rings is 1. The molecule has 1 aromatic rings. The van der Waals surface area contributed by atoms with Gasteiger partial charge < -0.3 is 15.4 Å². The standard InChI is InChI=1S/C15H21FN2O2/c1-3-20-14(19)15(7-8-17-10-11(15)2)18-13-6-4-5-12(16)9-13/h4-6,9,11,17-18H,3,7-8,10H2,1-2H3. The van der Waals surface area contributed by atoms with E-state index in [0.29, 0.717) is 18.7 Å². The Balaban J connectivity index is 2.28. The maximum Gasteiger partial charge on any atom is 0.332 e. The third kappa shape index (κ3) is 2.93. The Kier molecular flexibility index (Phi) is 4.60. The zero-order chi connectivity index (χ0) is 14.6. The van der Waals surface area contributed by atoms with Crippen molar-refractivity contribution in [3.8, 4) is 0 Å². The van der Waals surface area contributed by atoms with Crippen LogP contribution in [-0.2, 0) is 9.53 Å². The van der Waals surface area contributed by atoms with Crippen LogP contribution in [0.2, 0.25) is 0 Å². The van der Waals surface area contributed by atoms with E-state index in [1.54, 1.807) is 19.1 Å². The van der Waals surface area contributed by atoms with Crippen LogP contribution in [0.4, 0.5) is 10.1 Å². The fourth-order valence-corrected chi connectivity index (χ4v) is 2.65. The molecule has 0 radical (unpaired) electrons. The summed E-state index contributed by atoms with van der Waals surface area (Å²) in [6.45, 7) is 5.58. The van der Waals surface area contributed by atoms with Crippen LogP contribution in [0.1, 0.15) is 20.3 Å². The molecule has 0 bridgehead atoms. The minimum Gasteiger partial charge on any atom is -0.464 e. The van der Waals surface area contributed by atoms with Crippen LogP contribution in [0, 0.1) is 11.7 Å². The molecule has 1 aliphatic heterocycles. The van der Waals surface area contributed by atoms with E-state index < -0.39 is 5.54 Å². The molecule has 0 aromatic heterocycles. The van der Waals surface area contributed by atoms with Gasteiger partial charge in [-0.05, 0) is 38.1 Å². The van der Waals surface area contributed by atoms with Crippen molar-refractivity contribution >= 4 is 11.7 Å². The first-order chi connectivity index (χ1) is 9.58. The lowest BCUT2D eigenvalue weighted by atomic mass is 9.79. The lowest BCUT2D eigenvalue weighted by Crippen LogP contribution is -2.59. The van der Waals surface area contributed by atoms with E-state index in [2.05, 4.69) is 10.6 Å². The Hall–Kier alpha value is -1.62. The number of halogens is 1. The Morgan fingerprint density at radius 1 is 1.60 bits per heavy atom. The highest BCUT2D eigenvalue weighted by Crippen LogP contribution is 2.30. The van der Waals surface area contributed by atoms with Crippen molar-refractivity contribution < 1.29 is 13.9 Å². The maximum atomic E-state index is 13.3. The number of esters is 1. The van der Waals surface area contributed by atoms with Crippen molar-refractivity contribution in [2.75, 3.05) is 25.0 Å². The predicted octanol–water partition coefficient (Wildman–Crippen LogP) is 2.17. The van der Waals surface area contributed by atoms with E-state index in [1.807, 2.05) is 6.92 Å². The second kappa shape index (κ2) is 6.22. The number of hydrogen-bond donors (Lipinski definition) is 2. The lowest BCUT2D eigenvalue weighted by Gasteiger charge is -2.41. The average molecular weight is 280 g/mol. The van der Waals surface area contributed by atoms with Crippen LogP contribution in [0.15, 0.2) is 24.3 Å². The molecule has 2 N–H and O–H groups in total. The van der Waals surface area contributed by atoms with Gasteiger partial charge in [0.15, 0.2) is 0 Å². The Morgan fingerprint density at radius 3 is 3.05 bits per heavy atom. The molecule has 2 atom stereocenters. The number of nitrogens with one attached hydrogen (secondary N) is 2. The van der Waals surface area contributed by atoms with Gasteiger partial charge in [-0.1, -0.05) is 13.0 Å². The summed E-state index contributed by atoms with van der Waals surface area (Å²) in [6, 6.07) is 6.17. The first-order valence-electron chi connectivity index (χ1n) is 7.00. The van der Waals surface area contributed by atoms with E-state index in [0.717, 1.165) is 13.1 Å². The van der Waals surface area contributed by atoms with Gasteiger partial charge in [-0.25, -0.2) is 9.18 Å². The topological polar surface area (TPSA) is 50.4 Å². The smallest absolute Gasteiger partial charge is 0.332 e. The molecule has 0 saturated carbocycles. The minimum absolute atomic E-state index is 0.0542. The van der Waals surface area contributed by atoms with Crippen LogP contribution in [0.5, 0.6) is 0 Å². The molecule has 1 fully saturated rings. The van der Waals surface area contributed by atoms with E-state index in [4.69, 9.17) is 4.74 Å². The molecular weight excluding hydrogens is 259 g/mol. The Labute approximate surface area is 118 Å². The van der Waals surface area contributed by atoms with Crippen molar-refractivity contribution in [3.63, 3.8) is 0 Å². The highest BCUT2D eigenvalue weighted by atomic mass is 19.1. The molecule has 1 aliphatic rings. The summed E-state index contributed by atoms with van der Waals surface area (Å²) in [7, 11) is 0. The third-order valence-corrected chi connectivity index (χ3v) is 3.82. The van der Waals surface area contributed by atoms with Gasteiger partial charge in [0.1, 0.15) is 11.4 Å². The van der Waals surface area contributed by atoms with E-state index in [-0.39, 0.29) is 17.7 Å². The van der Waals surface area contributed by atoms with Crippen molar-refractivity contribution in [2.45, 2.75) is 25.8 Å². The fourth-order valence-electron chi connectivity index (χ4n) is 2.65. The molecule has 0 aliphatic carbocycles. The fraction of sp³-hybridized carbons (Fsp3) is 0.533.